The van der Waals surface area contributed by atoms with Crippen molar-refractivity contribution >= 4 is 39.9 Å². The molecule has 0 radical (unpaired) electrons. The van der Waals surface area contributed by atoms with Gasteiger partial charge in [-0.25, -0.2) is 8.42 Å². The van der Waals surface area contributed by atoms with E-state index in [9.17, 15) is 13.2 Å². The molecule has 1 heterocycles. The first-order valence-corrected chi connectivity index (χ1v) is 8.88. The Morgan fingerprint density at radius 2 is 1.83 bits per heavy atom. The largest absolute Gasteiger partial charge is 0.341 e. The number of hydrogen-bond acceptors (Lipinski definition) is 4. The van der Waals surface area contributed by atoms with Crippen molar-refractivity contribution < 1.29 is 13.2 Å². The Morgan fingerprint density at radius 1 is 1.30 bits per heavy atom. The Kier molecular flexibility index (Phi) is 7.29. The van der Waals surface area contributed by atoms with E-state index in [1.54, 1.807) is 4.90 Å². The lowest BCUT2D eigenvalue weighted by atomic mass is 10.1. The molecule has 0 unspecified atom stereocenters. The van der Waals surface area contributed by atoms with Crippen LogP contribution in [0.4, 0.5) is 0 Å². The topological polar surface area (TPSA) is 83.7 Å². The van der Waals surface area contributed by atoms with Gasteiger partial charge in [0.05, 0.1) is 11.4 Å². The third kappa shape index (κ3) is 5.06. The minimum atomic E-state index is -3.70. The molecule has 130 valence electrons. The molecular weight excluding hydrogens is 361 g/mol. The second-order valence-electron chi connectivity index (χ2n) is 5.43. The summed E-state index contributed by atoms with van der Waals surface area (Å²) in [6.45, 7) is 0.976. The Balaban J connectivity index is 0.00000264. The zero-order valence-corrected chi connectivity index (χ0v) is 15.2. The molecule has 23 heavy (non-hydrogen) atoms. The van der Waals surface area contributed by atoms with Gasteiger partial charge in [0, 0.05) is 31.2 Å². The standard InChI is InChI=1S/C14H20ClN3O3S.ClH/c1-17(10-14(19)18-8-6-12(16)7-9-18)22(20,21)13-4-2-11(15)3-5-13;/h2-5,12H,6-10,16H2,1H3;1H. The summed E-state index contributed by atoms with van der Waals surface area (Å²) in [7, 11) is -2.30. The fraction of sp³-hybridized carbons (Fsp3) is 0.500. The van der Waals surface area contributed by atoms with Crippen molar-refractivity contribution in [2.24, 2.45) is 5.73 Å². The number of piperidine rings is 1. The number of hydrogen-bond donors (Lipinski definition) is 1. The van der Waals surface area contributed by atoms with Gasteiger partial charge in [0.15, 0.2) is 0 Å². The fourth-order valence-corrected chi connectivity index (χ4v) is 3.56. The number of carbonyl (C=O) groups excluding carboxylic acids is 1. The number of nitrogens with zero attached hydrogens (tertiary/aromatic N) is 2. The number of amides is 1. The maximum absolute atomic E-state index is 12.4. The minimum absolute atomic E-state index is 0. The van der Waals surface area contributed by atoms with Gasteiger partial charge in [0.1, 0.15) is 0 Å². The molecule has 1 saturated heterocycles. The summed E-state index contributed by atoms with van der Waals surface area (Å²) in [5.41, 5.74) is 5.80. The zero-order chi connectivity index (χ0) is 16.3. The van der Waals surface area contributed by atoms with E-state index in [1.807, 2.05) is 0 Å². The highest BCUT2D eigenvalue weighted by atomic mass is 35.5. The molecule has 2 rings (SSSR count). The summed E-state index contributed by atoms with van der Waals surface area (Å²) in [6, 6.07) is 6.00. The Hall–Kier alpha value is -0.860. The van der Waals surface area contributed by atoms with Gasteiger partial charge in [-0.1, -0.05) is 11.6 Å². The van der Waals surface area contributed by atoms with E-state index in [0.29, 0.717) is 18.1 Å². The predicted molar refractivity (Wildman–Crippen MR) is 92.3 cm³/mol. The Labute approximate surface area is 148 Å². The smallest absolute Gasteiger partial charge is 0.243 e. The maximum Gasteiger partial charge on any atom is 0.243 e. The molecule has 1 aliphatic rings. The zero-order valence-electron chi connectivity index (χ0n) is 12.8. The first kappa shape index (κ1) is 20.2. The van der Waals surface area contributed by atoms with Crippen molar-refractivity contribution in [3.05, 3.63) is 29.3 Å². The summed E-state index contributed by atoms with van der Waals surface area (Å²) >= 11 is 5.76. The first-order valence-electron chi connectivity index (χ1n) is 7.06. The quantitative estimate of drug-likeness (QED) is 0.852. The minimum Gasteiger partial charge on any atom is -0.341 e. The third-order valence-corrected chi connectivity index (χ3v) is 5.84. The Morgan fingerprint density at radius 3 is 2.35 bits per heavy atom. The van der Waals surface area contributed by atoms with Crippen LogP contribution in [0.15, 0.2) is 29.2 Å². The van der Waals surface area contributed by atoms with Gasteiger partial charge in [0.2, 0.25) is 15.9 Å². The lowest BCUT2D eigenvalue weighted by molar-refractivity contribution is -0.132. The van der Waals surface area contributed by atoms with Crippen LogP contribution in [0.2, 0.25) is 5.02 Å². The maximum atomic E-state index is 12.4. The number of sulfonamides is 1. The molecule has 0 spiro atoms. The number of rotatable bonds is 4. The van der Waals surface area contributed by atoms with E-state index in [1.165, 1.54) is 31.3 Å². The first-order chi connectivity index (χ1) is 10.3. The van der Waals surface area contributed by atoms with Gasteiger partial charge in [-0.05, 0) is 37.1 Å². The van der Waals surface area contributed by atoms with Gasteiger partial charge in [-0.3, -0.25) is 4.79 Å². The lowest BCUT2D eigenvalue weighted by Gasteiger charge is -2.31. The molecule has 1 fully saturated rings. The third-order valence-electron chi connectivity index (χ3n) is 3.77. The number of likely N-dealkylation sites (tertiary alicyclic amines) is 1. The van der Waals surface area contributed by atoms with E-state index in [0.717, 1.165) is 17.1 Å². The van der Waals surface area contributed by atoms with E-state index in [2.05, 4.69) is 0 Å². The normalized spacial score (nSPS) is 16.3. The van der Waals surface area contributed by atoms with Gasteiger partial charge in [0.25, 0.3) is 0 Å². The van der Waals surface area contributed by atoms with Crippen molar-refractivity contribution in [1.29, 1.82) is 0 Å². The molecular formula is C14H21Cl2N3O3S. The molecule has 0 saturated carbocycles. The highest BCUT2D eigenvalue weighted by molar-refractivity contribution is 7.89. The van der Waals surface area contributed by atoms with Crippen molar-refractivity contribution in [2.75, 3.05) is 26.7 Å². The van der Waals surface area contributed by atoms with Crippen LogP contribution in [0, 0.1) is 0 Å². The van der Waals surface area contributed by atoms with Crippen molar-refractivity contribution in [2.45, 2.75) is 23.8 Å². The van der Waals surface area contributed by atoms with Gasteiger partial charge >= 0.3 is 0 Å². The Bertz CT molecular complexity index is 629. The summed E-state index contributed by atoms with van der Waals surface area (Å²) in [6.07, 6.45) is 1.50. The molecule has 1 aliphatic heterocycles. The summed E-state index contributed by atoms with van der Waals surface area (Å²) in [5.74, 6) is -0.202. The number of benzene rings is 1. The second kappa shape index (κ2) is 8.30. The monoisotopic (exact) mass is 381 g/mol. The summed E-state index contributed by atoms with van der Waals surface area (Å²) in [4.78, 5) is 14.0. The van der Waals surface area contributed by atoms with Crippen LogP contribution in [0.1, 0.15) is 12.8 Å². The van der Waals surface area contributed by atoms with E-state index in [4.69, 9.17) is 17.3 Å². The average molecular weight is 382 g/mol. The number of nitrogens with two attached hydrogens (primary N) is 1. The van der Waals surface area contributed by atoms with Crippen molar-refractivity contribution in [3.8, 4) is 0 Å². The molecule has 0 aromatic heterocycles. The predicted octanol–water partition coefficient (Wildman–Crippen LogP) is 1.33. The van der Waals surface area contributed by atoms with E-state index >= 15 is 0 Å². The lowest BCUT2D eigenvalue weighted by Crippen LogP contribution is -2.47. The second-order valence-corrected chi connectivity index (χ2v) is 7.91. The van der Waals surface area contributed by atoms with E-state index < -0.39 is 10.0 Å². The molecule has 1 aromatic rings. The molecule has 0 atom stereocenters. The number of halogens is 2. The SMILES string of the molecule is CN(CC(=O)N1CCC(N)CC1)S(=O)(=O)c1ccc(Cl)cc1.Cl. The summed E-state index contributed by atoms with van der Waals surface area (Å²) in [5, 5.41) is 0.460. The molecule has 0 aliphatic carbocycles. The van der Waals surface area contributed by atoms with Gasteiger partial charge in [-0.15, -0.1) is 12.4 Å². The highest BCUT2D eigenvalue weighted by Gasteiger charge is 2.26. The molecule has 0 bridgehead atoms. The van der Waals surface area contributed by atoms with Crippen LogP contribution < -0.4 is 5.73 Å². The van der Waals surface area contributed by atoms with Gasteiger partial charge < -0.3 is 10.6 Å². The van der Waals surface area contributed by atoms with Crippen molar-refractivity contribution in [3.63, 3.8) is 0 Å². The van der Waals surface area contributed by atoms with Crippen LogP contribution in [0.5, 0.6) is 0 Å². The van der Waals surface area contributed by atoms with Crippen molar-refractivity contribution in [1.82, 2.24) is 9.21 Å². The molecule has 6 nitrogen and oxygen atoms in total. The molecule has 2 N–H and O–H groups in total. The molecule has 1 aromatic carbocycles. The number of likely N-dealkylation sites (N-methyl/N-ethyl adjacent to an activating group) is 1. The number of carbonyl (C=O) groups is 1. The van der Waals surface area contributed by atoms with Crippen LogP contribution in [0.3, 0.4) is 0 Å². The molecule has 9 heteroatoms. The van der Waals surface area contributed by atoms with Crippen LogP contribution >= 0.6 is 24.0 Å². The fourth-order valence-electron chi connectivity index (χ4n) is 2.31. The van der Waals surface area contributed by atoms with Crippen LogP contribution in [0.25, 0.3) is 0 Å². The van der Waals surface area contributed by atoms with E-state index in [-0.39, 0.29) is 35.8 Å². The highest BCUT2D eigenvalue weighted by Crippen LogP contribution is 2.18. The average Bonchev–Trinajstić information content (AvgIpc) is 2.48. The van der Waals surface area contributed by atoms with Crippen LogP contribution in [-0.4, -0.2) is 56.3 Å². The summed E-state index contributed by atoms with van der Waals surface area (Å²) < 4.78 is 25.9. The molecule has 1 amide bonds. The van der Waals surface area contributed by atoms with Gasteiger partial charge in [-0.2, -0.15) is 4.31 Å². The van der Waals surface area contributed by atoms with Crippen LogP contribution in [-0.2, 0) is 14.8 Å².